The molecule has 2 rings (SSSR count). The first-order valence-corrected chi connectivity index (χ1v) is 11.0. The van der Waals surface area contributed by atoms with E-state index in [1.165, 1.54) is 6.42 Å². The number of ketones is 1. The monoisotopic (exact) mass is 284 g/mol. The van der Waals surface area contributed by atoms with Crippen molar-refractivity contribution in [1.82, 2.24) is 0 Å². The first kappa shape index (κ1) is 15.2. The minimum Gasteiger partial charge on any atom is -0.403 e. The van der Waals surface area contributed by atoms with E-state index in [1.807, 2.05) is 0 Å². The minimum atomic E-state index is -1.78. The van der Waals surface area contributed by atoms with Gasteiger partial charge in [0, 0.05) is 13.5 Å². The van der Waals surface area contributed by atoms with E-state index in [0.29, 0.717) is 12.3 Å². The highest BCUT2D eigenvalue weighted by atomic mass is 28.4. The molecule has 0 bridgehead atoms. The van der Waals surface area contributed by atoms with Gasteiger partial charge in [-0.3, -0.25) is 4.79 Å². The number of hydrogen-bond donors (Lipinski definition) is 0. The van der Waals surface area contributed by atoms with Gasteiger partial charge in [0.2, 0.25) is 0 Å². The van der Waals surface area contributed by atoms with Crippen molar-refractivity contribution in [2.45, 2.75) is 76.3 Å². The van der Waals surface area contributed by atoms with Crippen LogP contribution in [0.1, 0.15) is 45.4 Å². The van der Waals surface area contributed by atoms with Crippen molar-refractivity contribution in [3.05, 3.63) is 0 Å². The molecule has 0 amide bonds. The number of methoxy groups -OCH3 is 1. The van der Waals surface area contributed by atoms with Crippen molar-refractivity contribution in [3.8, 4) is 0 Å². The quantitative estimate of drug-likeness (QED) is 0.741. The molecule has 3 atom stereocenters. The third kappa shape index (κ3) is 2.32. The molecule has 4 heteroatoms. The predicted octanol–water partition coefficient (Wildman–Crippen LogP) is 3.53. The third-order valence-electron chi connectivity index (χ3n) is 4.91. The van der Waals surface area contributed by atoms with Crippen LogP contribution >= 0.6 is 0 Å². The highest BCUT2D eigenvalue weighted by Gasteiger charge is 2.65. The molecule has 0 saturated heterocycles. The van der Waals surface area contributed by atoms with Crippen LogP contribution < -0.4 is 0 Å². The Bertz CT molecular complexity index is 363. The molecule has 0 aromatic carbocycles. The molecule has 0 N–H and O–H groups in total. The van der Waals surface area contributed by atoms with E-state index in [0.717, 1.165) is 25.7 Å². The highest BCUT2D eigenvalue weighted by molar-refractivity contribution is 6.70. The van der Waals surface area contributed by atoms with Gasteiger partial charge < -0.3 is 9.16 Å². The molecule has 2 aliphatic rings. The zero-order valence-electron chi connectivity index (χ0n) is 13.0. The van der Waals surface area contributed by atoms with Gasteiger partial charge in [-0.25, -0.2) is 0 Å². The molecule has 0 spiro atoms. The van der Waals surface area contributed by atoms with Crippen LogP contribution in [0.2, 0.25) is 19.6 Å². The Balaban J connectivity index is 2.39. The molecule has 2 aliphatic carbocycles. The standard InChI is InChI=1S/C15H28O3Si/c1-12-8-6-7-10-14(12,17-2)15(11-9-13(15)16)18-19(3,4)5/h12H,6-11H2,1-5H3/t12-,14+,15?/m0/s1. The minimum absolute atomic E-state index is 0.269. The van der Waals surface area contributed by atoms with Gasteiger partial charge in [-0.05, 0) is 44.8 Å². The second-order valence-electron chi connectivity index (χ2n) is 7.21. The molecule has 3 nitrogen and oxygen atoms in total. The number of hydrogen-bond acceptors (Lipinski definition) is 3. The van der Waals surface area contributed by atoms with Crippen molar-refractivity contribution in [1.29, 1.82) is 0 Å². The van der Waals surface area contributed by atoms with Crippen LogP contribution in [-0.4, -0.2) is 32.4 Å². The first-order valence-electron chi connectivity index (χ1n) is 7.56. The molecule has 110 valence electrons. The van der Waals surface area contributed by atoms with Crippen LogP contribution in [0.15, 0.2) is 0 Å². The normalized spacial score (nSPS) is 40.1. The molecular formula is C15H28O3Si. The SMILES string of the molecule is CO[C@]1(C2(O[Si](C)(C)C)CCC2=O)CCCC[C@@H]1C. The number of Topliss-reactive ketones (excluding diaryl/α,β-unsaturated/α-hetero) is 1. The molecule has 0 aromatic heterocycles. The fourth-order valence-electron chi connectivity index (χ4n) is 4.00. The van der Waals surface area contributed by atoms with Gasteiger partial charge in [-0.2, -0.15) is 0 Å². The molecule has 1 unspecified atom stereocenters. The lowest BCUT2D eigenvalue weighted by molar-refractivity contribution is -0.220. The van der Waals surface area contributed by atoms with Crippen LogP contribution in [0.25, 0.3) is 0 Å². The Morgan fingerprint density at radius 1 is 1.21 bits per heavy atom. The molecular weight excluding hydrogens is 256 g/mol. The van der Waals surface area contributed by atoms with E-state index in [4.69, 9.17) is 9.16 Å². The summed E-state index contributed by atoms with van der Waals surface area (Å²) in [5.41, 5.74) is -1.03. The largest absolute Gasteiger partial charge is 0.403 e. The predicted molar refractivity (Wildman–Crippen MR) is 78.8 cm³/mol. The molecule has 2 saturated carbocycles. The first-order chi connectivity index (χ1) is 8.77. The fraction of sp³-hybridized carbons (Fsp3) is 0.933. The van der Waals surface area contributed by atoms with E-state index in [-0.39, 0.29) is 11.4 Å². The van der Waals surface area contributed by atoms with E-state index in [9.17, 15) is 4.79 Å². The van der Waals surface area contributed by atoms with Crippen LogP contribution in [0.3, 0.4) is 0 Å². The highest BCUT2D eigenvalue weighted by Crippen LogP contribution is 2.53. The number of carbonyl (C=O) groups is 1. The van der Waals surface area contributed by atoms with Crippen molar-refractivity contribution in [2.75, 3.05) is 7.11 Å². The maximum absolute atomic E-state index is 12.5. The summed E-state index contributed by atoms with van der Waals surface area (Å²) in [5, 5.41) is 0. The topological polar surface area (TPSA) is 35.5 Å². The van der Waals surface area contributed by atoms with Gasteiger partial charge in [0.05, 0.1) is 0 Å². The maximum Gasteiger partial charge on any atom is 0.185 e. The number of carbonyl (C=O) groups excluding carboxylic acids is 1. The van der Waals surface area contributed by atoms with Crippen molar-refractivity contribution < 1.29 is 14.0 Å². The Kier molecular flexibility index (Phi) is 3.98. The van der Waals surface area contributed by atoms with Gasteiger partial charge in [-0.1, -0.05) is 19.8 Å². The summed E-state index contributed by atoms with van der Waals surface area (Å²) >= 11 is 0. The zero-order valence-corrected chi connectivity index (χ0v) is 14.0. The Morgan fingerprint density at radius 3 is 2.26 bits per heavy atom. The Hall–Kier alpha value is -0.193. The Labute approximate surface area is 118 Å². The summed E-state index contributed by atoms with van der Waals surface area (Å²) in [5.74, 6) is 0.664. The molecule has 2 fully saturated rings. The van der Waals surface area contributed by atoms with Gasteiger partial charge in [0.1, 0.15) is 11.2 Å². The lowest BCUT2D eigenvalue weighted by atomic mass is 9.58. The molecule has 0 heterocycles. The average molecular weight is 284 g/mol. The summed E-state index contributed by atoms with van der Waals surface area (Å²) in [6, 6.07) is 0. The van der Waals surface area contributed by atoms with Gasteiger partial charge in [0.25, 0.3) is 0 Å². The van der Waals surface area contributed by atoms with Crippen LogP contribution in [0, 0.1) is 5.92 Å². The van der Waals surface area contributed by atoms with Crippen LogP contribution in [0.4, 0.5) is 0 Å². The Morgan fingerprint density at radius 2 is 1.89 bits per heavy atom. The second-order valence-corrected chi connectivity index (χ2v) is 11.6. The van der Waals surface area contributed by atoms with Crippen molar-refractivity contribution in [3.63, 3.8) is 0 Å². The lowest BCUT2D eigenvalue weighted by Gasteiger charge is -2.59. The summed E-state index contributed by atoms with van der Waals surface area (Å²) in [7, 11) is -0.0152. The van der Waals surface area contributed by atoms with E-state index in [2.05, 4.69) is 26.6 Å². The third-order valence-corrected chi connectivity index (χ3v) is 5.87. The molecule has 0 aromatic rings. The molecule has 19 heavy (non-hydrogen) atoms. The summed E-state index contributed by atoms with van der Waals surface area (Å²) in [4.78, 5) is 12.5. The number of rotatable bonds is 4. The smallest absolute Gasteiger partial charge is 0.185 e. The summed E-state index contributed by atoms with van der Waals surface area (Å²) in [6.45, 7) is 8.72. The van der Waals surface area contributed by atoms with E-state index in [1.54, 1.807) is 7.11 Å². The number of ether oxygens (including phenoxy) is 1. The summed E-state index contributed by atoms with van der Waals surface area (Å²) < 4.78 is 12.4. The van der Waals surface area contributed by atoms with Crippen molar-refractivity contribution >= 4 is 14.1 Å². The average Bonchev–Trinajstić information content (AvgIpc) is 2.34. The van der Waals surface area contributed by atoms with Gasteiger partial charge >= 0.3 is 0 Å². The zero-order chi connectivity index (χ0) is 14.3. The molecule has 0 aliphatic heterocycles. The van der Waals surface area contributed by atoms with E-state index < -0.39 is 13.9 Å². The second kappa shape index (κ2) is 4.97. The van der Waals surface area contributed by atoms with Crippen molar-refractivity contribution in [2.24, 2.45) is 5.92 Å². The lowest BCUT2D eigenvalue weighted by Crippen LogP contribution is -2.72. The summed E-state index contributed by atoms with van der Waals surface area (Å²) in [6.07, 6.45) is 5.97. The van der Waals surface area contributed by atoms with Gasteiger partial charge in [-0.15, -0.1) is 0 Å². The van der Waals surface area contributed by atoms with E-state index >= 15 is 0 Å². The fourth-order valence-corrected chi connectivity index (χ4v) is 5.44. The van der Waals surface area contributed by atoms with Crippen LogP contribution in [-0.2, 0) is 14.0 Å². The van der Waals surface area contributed by atoms with Gasteiger partial charge in [0.15, 0.2) is 14.1 Å². The maximum atomic E-state index is 12.5. The molecule has 0 radical (unpaired) electrons. The van der Waals surface area contributed by atoms with Crippen LogP contribution in [0.5, 0.6) is 0 Å².